The number of carbonyl (C=O) groups is 2. The van der Waals surface area contributed by atoms with Crippen molar-refractivity contribution in [3.8, 4) is 0 Å². The molecule has 0 aliphatic carbocycles. The predicted octanol–water partition coefficient (Wildman–Crippen LogP) is 1.45. The Balaban J connectivity index is 1.61. The number of amides is 3. The number of urea groups is 1. The first-order valence-electron chi connectivity index (χ1n) is 8.13. The molecule has 0 aromatic heterocycles. The summed E-state index contributed by atoms with van der Waals surface area (Å²) in [4.78, 5) is 25.7. The number of benzene rings is 1. The maximum atomic E-state index is 13.5. The Morgan fingerprint density at radius 1 is 1.46 bits per heavy atom. The van der Waals surface area contributed by atoms with Crippen molar-refractivity contribution < 1.29 is 31.0 Å². The topological polar surface area (TPSA) is 61.4 Å². The standard InChI is InChI=1S/C17H20FN3O2.V/c1-11-10-21(7-6-12-2-3-13(18)8-15(11)12)16(22)5-4-14-9-19-17(23)20-14;/h2-3,8,11,14H,4-7,10H2,1H3,(H2,19,20,23);. The summed E-state index contributed by atoms with van der Waals surface area (Å²) >= 11 is 2.34. The van der Waals surface area contributed by atoms with Gasteiger partial charge in [0, 0.05) is 0 Å². The van der Waals surface area contributed by atoms with Gasteiger partial charge in [-0.2, -0.15) is 0 Å². The minimum absolute atomic E-state index is 0.0802. The summed E-state index contributed by atoms with van der Waals surface area (Å²) < 4.78 is 14.3. The number of hydrogen-bond acceptors (Lipinski definition) is 2. The van der Waals surface area contributed by atoms with Gasteiger partial charge < -0.3 is 0 Å². The first kappa shape index (κ1) is 17.2. The van der Waals surface area contributed by atoms with Crippen LogP contribution in [0.15, 0.2) is 18.2 Å². The molecule has 1 fully saturated rings. The third kappa shape index (κ3) is 3.70. The van der Waals surface area contributed by atoms with E-state index < -0.39 is 0 Å². The Hall–Kier alpha value is -1.66. The average molecular weight is 368 g/mol. The van der Waals surface area contributed by atoms with E-state index in [0.29, 0.717) is 25.9 Å². The third-order valence-corrected chi connectivity index (χ3v) is 5.32. The molecule has 2 atom stereocenters. The van der Waals surface area contributed by atoms with Crippen molar-refractivity contribution >= 4 is 16.3 Å². The van der Waals surface area contributed by atoms with Crippen LogP contribution >= 0.6 is 0 Å². The maximum absolute atomic E-state index is 13.5. The third-order valence-electron chi connectivity index (χ3n) is 4.66. The minimum atomic E-state index is -0.228. The van der Waals surface area contributed by atoms with Crippen LogP contribution in [0.25, 0.3) is 0 Å². The monoisotopic (exact) mass is 368 g/mol. The molecule has 2 N–H and O–H groups in total. The molecule has 0 saturated carbocycles. The average Bonchev–Trinajstić information content (AvgIpc) is 2.77. The van der Waals surface area contributed by atoms with Crippen LogP contribution in [0.4, 0.5) is 9.18 Å². The van der Waals surface area contributed by atoms with Crippen molar-refractivity contribution in [2.45, 2.75) is 38.1 Å². The fraction of sp³-hybridized carbons (Fsp3) is 0.471. The predicted molar refractivity (Wildman–Crippen MR) is 84.8 cm³/mol. The first-order valence-corrected chi connectivity index (χ1v) is 8.83. The number of nitrogens with zero attached hydrogens (tertiary/aromatic N) is 1. The zero-order chi connectivity index (χ0) is 17.3. The second-order valence-corrected chi connectivity index (χ2v) is 7.16. The van der Waals surface area contributed by atoms with Gasteiger partial charge in [0.1, 0.15) is 0 Å². The Bertz CT molecular complexity index is 694. The molecule has 1 aromatic carbocycles. The van der Waals surface area contributed by atoms with E-state index in [0.717, 1.165) is 21.9 Å². The van der Waals surface area contributed by atoms with Gasteiger partial charge in [-0.25, -0.2) is 0 Å². The van der Waals surface area contributed by atoms with Gasteiger partial charge in [-0.15, -0.1) is 0 Å². The van der Waals surface area contributed by atoms with Crippen LogP contribution in [0.1, 0.15) is 36.8 Å². The Morgan fingerprint density at radius 2 is 2.25 bits per heavy atom. The van der Waals surface area contributed by atoms with Gasteiger partial charge in [-0.3, -0.25) is 0 Å². The Morgan fingerprint density at radius 3 is 2.96 bits per heavy atom. The van der Waals surface area contributed by atoms with Crippen LogP contribution in [0.2, 0.25) is 0 Å². The summed E-state index contributed by atoms with van der Waals surface area (Å²) in [6, 6.07) is 4.56. The molecule has 3 amide bonds. The Kier molecular flexibility index (Phi) is 5.06. The molecule has 1 aromatic rings. The van der Waals surface area contributed by atoms with Crippen LogP contribution in [0.5, 0.6) is 0 Å². The summed E-state index contributed by atoms with van der Waals surface area (Å²) in [5, 5.41) is 5.47. The Labute approximate surface area is 149 Å². The van der Waals surface area contributed by atoms with Crippen molar-refractivity contribution in [1.29, 1.82) is 0 Å². The van der Waals surface area contributed by atoms with Gasteiger partial charge in [0.2, 0.25) is 0 Å². The molecule has 2 aliphatic heterocycles. The quantitative estimate of drug-likeness (QED) is 0.849. The van der Waals surface area contributed by atoms with E-state index in [1.54, 1.807) is 6.07 Å². The normalized spacial score (nSPS) is 23.3. The van der Waals surface area contributed by atoms with E-state index in [4.69, 9.17) is 0 Å². The van der Waals surface area contributed by atoms with E-state index in [-0.39, 0.29) is 29.7 Å². The number of hydrogen-bond donors (Lipinski definition) is 2. The molecule has 0 spiro atoms. The van der Waals surface area contributed by atoms with Crippen LogP contribution < -0.4 is 10.6 Å². The number of carbonyl (C=O) groups excluding carboxylic acids is 2. The second-order valence-electron chi connectivity index (χ2n) is 6.41. The van der Waals surface area contributed by atoms with E-state index >= 15 is 0 Å². The van der Waals surface area contributed by atoms with Crippen LogP contribution in [-0.2, 0) is 28.2 Å². The van der Waals surface area contributed by atoms with Gasteiger partial charge in [0.15, 0.2) is 0 Å². The molecule has 127 valence electrons. The SMILES string of the molecule is CC1CN(C(=O)CCC2NC(=O)N[C]2=[V])CCc2ccc(F)cc21. The van der Waals surface area contributed by atoms with Gasteiger partial charge in [-0.1, -0.05) is 0 Å². The molecule has 0 bridgehead atoms. The molecule has 24 heavy (non-hydrogen) atoms. The van der Waals surface area contributed by atoms with Crippen LogP contribution in [0, 0.1) is 5.82 Å². The molecule has 2 heterocycles. The van der Waals surface area contributed by atoms with Crippen LogP contribution in [0.3, 0.4) is 0 Å². The first-order chi connectivity index (χ1) is 11.4. The molecular weight excluding hydrogens is 348 g/mol. The summed E-state index contributed by atoms with van der Waals surface area (Å²) in [5.74, 6) is -0.0365. The van der Waals surface area contributed by atoms with Crippen molar-refractivity contribution in [1.82, 2.24) is 15.5 Å². The van der Waals surface area contributed by atoms with Crippen LogP contribution in [-0.4, -0.2) is 40.3 Å². The van der Waals surface area contributed by atoms with Gasteiger partial charge in [0.25, 0.3) is 0 Å². The molecule has 2 unspecified atom stereocenters. The molecule has 3 rings (SSSR count). The molecule has 5 nitrogen and oxygen atoms in total. The molecule has 7 heteroatoms. The number of halogens is 1. The molecule has 2 aliphatic rings. The zero-order valence-corrected chi connectivity index (χ0v) is 14.9. The number of nitrogens with one attached hydrogen (secondary N) is 2. The molecule has 1 saturated heterocycles. The zero-order valence-electron chi connectivity index (χ0n) is 13.5. The summed E-state index contributed by atoms with van der Waals surface area (Å²) in [6.07, 6.45) is 1.70. The van der Waals surface area contributed by atoms with Crippen molar-refractivity contribution in [2.75, 3.05) is 13.1 Å². The summed E-state index contributed by atoms with van der Waals surface area (Å²) in [5.41, 5.74) is 2.12. The van der Waals surface area contributed by atoms with Crippen molar-refractivity contribution in [3.05, 3.63) is 35.1 Å². The molecular formula is C17H20FN3O2V. The van der Waals surface area contributed by atoms with E-state index in [1.807, 2.05) is 17.9 Å². The second kappa shape index (κ2) is 7.07. The van der Waals surface area contributed by atoms with E-state index in [9.17, 15) is 14.0 Å². The van der Waals surface area contributed by atoms with E-state index in [1.165, 1.54) is 6.07 Å². The van der Waals surface area contributed by atoms with Gasteiger partial charge in [-0.05, 0) is 0 Å². The molecule has 0 radical (unpaired) electrons. The fourth-order valence-electron chi connectivity index (χ4n) is 3.36. The summed E-state index contributed by atoms with van der Waals surface area (Å²) in [6.45, 7) is 3.28. The van der Waals surface area contributed by atoms with Crippen molar-refractivity contribution in [2.24, 2.45) is 0 Å². The number of rotatable bonds is 3. The van der Waals surface area contributed by atoms with Gasteiger partial charge >= 0.3 is 149 Å². The number of fused-ring (bicyclic) bond motifs is 1. The van der Waals surface area contributed by atoms with E-state index in [2.05, 4.69) is 27.6 Å². The fourth-order valence-corrected chi connectivity index (χ4v) is 3.82. The van der Waals surface area contributed by atoms with Gasteiger partial charge in [0.05, 0.1) is 0 Å². The summed E-state index contributed by atoms with van der Waals surface area (Å²) in [7, 11) is 0. The van der Waals surface area contributed by atoms with Crippen molar-refractivity contribution in [3.63, 3.8) is 0 Å².